The highest BCUT2D eigenvalue weighted by Crippen LogP contribution is 2.66. The molecule has 0 aliphatic rings. The zero-order chi connectivity index (χ0) is 12.0. The molecule has 16 heavy (non-hydrogen) atoms. The second-order valence-electron chi connectivity index (χ2n) is 3.40. The third-order valence-electron chi connectivity index (χ3n) is 2.45. The van der Waals surface area contributed by atoms with E-state index in [4.69, 9.17) is 0 Å². The summed E-state index contributed by atoms with van der Waals surface area (Å²) in [5.41, 5.74) is 0.319. The highest BCUT2D eigenvalue weighted by atomic mass is 33.1. The van der Waals surface area contributed by atoms with Gasteiger partial charge in [-0.05, 0) is 30.1 Å². The average Bonchev–Trinajstić information content (AvgIpc) is 2.36. The zero-order valence-corrected chi connectivity index (χ0v) is 12.2. The number of aryl methyl sites for hydroxylation is 1. The zero-order valence-electron chi connectivity index (χ0n) is 9.68. The summed E-state index contributed by atoms with van der Waals surface area (Å²) in [7, 11) is 0. The lowest BCUT2D eigenvalue weighted by Crippen LogP contribution is -1.90. The van der Waals surface area contributed by atoms with Crippen molar-refractivity contribution in [1.29, 1.82) is 0 Å². The van der Waals surface area contributed by atoms with E-state index in [-0.39, 0.29) is 0 Å². The van der Waals surface area contributed by atoms with Crippen LogP contribution in [0.15, 0.2) is 30.8 Å². The third kappa shape index (κ3) is 4.04. The summed E-state index contributed by atoms with van der Waals surface area (Å²) in [4.78, 5) is 0. The highest BCUT2D eigenvalue weighted by Gasteiger charge is 2.18. The minimum Gasteiger partial charge on any atom is -0.300 e. The molecule has 0 unspecified atom stereocenters. The van der Waals surface area contributed by atoms with Gasteiger partial charge in [0.05, 0.1) is 0 Å². The molecule has 0 aliphatic heterocycles. The Labute approximate surface area is 106 Å². The number of benzene rings is 1. The molecule has 4 heteroatoms. The Hall–Kier alpha value is -0.110. The molecule has 1 rings (SSSR count). The van der Waals surface area contributed by atoms with Crippen molar-refractivity contribution >= 4 is 34.4 Å². The van der Waals surface area contributed by atoms with Crippen LogP contribution in [-0.2, 0) is 11.0 Å². The highest BCUT2D eigenvalue weighted by molar-refractivity contribution is 8.90. The molecule has 0 aromatic heterocycles. The Morgan fingerprint density at radius 3 is 2.25 bits per heavy atom. The first-order chi connectivity index (χ1) is 7.63. The first-order valence-corrected chi connectivity index (χ1v) is 10.6. The fraction of sp³-hybridized carbons (Fsp3) is 0.333. The Bertz CT molecular complexity index is 379. The normalized spacial score (nSPS) is 11.4. The Balaban J connectivity index is 2.60. The minimum absolute atomic E-state index is 0.767. The molecule has 0 aliphatic carbocycles. The molecule has 0 saturated carbocycles. The first kappa shape index (κ1) is 14.0. The Morgan fingerprint density at radius 2 is 1.81 bits per heavy atom. The lowest BCUT2D eigenvalue weighted by atomic mass is 10.1. The smallest absolute Gasteiger partial charge is 0.190 e. The maximum atomic E-state index is 12.2. The molecule has 0 bridgehead atoms. The van der Waals surface area contributed by atoms with Gasteiger partial charge >= 0.3 is 0 Å². The molecule has 0 heterocycles. The number of hydrogen-bond acceptors (Lipinski definition) is 3. The van der Waals surface area contributed by atoms with E-state index in [1.807, 2.05) is 30.7 Å². The van der Waals surface area contributed by atoms with Gasteiger partial charge in [-0.25, -0.2) is 0 Å². The summed E-state index contributed by atoms with van der Waals surface area (Å²) >= 11 is 3.00. The summed E-state index contributed by atoms with van der Waals surface area (Å²) in [5.74, 6) is 0. The summed E-state index contributed by atoms with van der Waals surface area (Å²) in [6.07, 6.45) is 7.34. The molecule has 1 nitrogen and oxygen atoms in total. The van der Waals surface area contributed by atoms with Gasteiger partial charge in [-0.1, -0.05) is 59.7 Å². The van der Waals surface area contributed by atoms with Gasteiger partial charge in [-0.3, -0.25) is 0 Å². The topological polar surface area (TPSA) is 17.1 Å². The molecular weight excluding hydrogens is 255 g/mol. The van der Waals surface area contributed by atoms with E-state index >= 15 is 0 Å². The molecular formula is C12H17OPS2. The molecule has 0 radical (unpaired) electrons. The second kappa shape index (κ2) is 6.58. The van der Waals surface area contributed by atoms with Crippen LogP contribution in [0.1, 0.15) is 11.1 Å². The summed E-state index contributed by atoms with van der Waals surface area (Å²) in [5, 5.41) is 0. The quantitative estimate of drug-likeness (QED) is 0.693. The van der Waals surface area contributed by atoms with Crippen molar-refractivity contribution in [3.05, 3.63) is 42.0 Å². The summed E-state index contributed by atoms with van der Waals surface area (Å²) in [6.45, 7) is 3.72. The van der Waals surface area contributed by atoms with E-state index in [0.717, 1.165) is 18.1 Å². The van der Waals surface area contributed by atoms with Crippen LogP contribution in [0, 0.1) is 0 Å². The fourth-order valence-electron chi connectivity index (χ4n) is 1.34. The van der Waals surface area contributed by atoms with Crippen LogP contribution in [0.3, 0.4) is 0 Å². The molecule has 0 spiro atoms. The summed E-state index contributed by atoms with van der Waals surface area (Å²) < 4.78 is 12.2. The van der Waals surface area contributed by atoms with Crippen LogP contribution in [0.5, 0.6) is 0 Å². The van der Waals surface area contributed by atoms with E-state index in [9.17, 15) is 4.57 Å². The predicted molar refractivity (Wildman–Crippen MR) is 79.7 cm³/mol. The van der Waals surface area contributed by atoms with Gasteiger partial charge in [0.15, 0.2) is 5.55 Å². The van der Waals surface area contributed by atoms with E-state index in [2.05, 4.69) is 18.7 Å². The molecule has 0 amide bonds. The standard InChI is InChI=1S/C12H17OPS2/c1-4-11-5-7-12(8-6-11)9-10-14(13,15-2)16-3/h4-8H,1,9-10H2,2-3H3. The Kier molecular flexibility index (Phi) is 5.74. The van der Waals surface area contributed by atoms with E-state index in [1.54, 1.807) is 0 Å². The van der Waals surface area contributed by atoms with Gasteiger partial charge in [-0.15, -0.1) is 0 Å². The summed E-state index contributed by atoms with van der Waals surface area (Å²) in [6, 6.07) is 8.26. The molecule has 88 valence electrons. The molecule has 0 saturated heterocycles. The molecule has 0 fully saturated rings. The maximum absolute atomic E-state index is 12.2. The van der Waals surface area contributed by atoms with Crippen molar-refractivity contribution in [2.75, 3.05) is 18.7 Å². The first-order valence-electron chi connectivity index (χ1n) is 5.05. The van der Waals surface area contributed by atoms with Crippen molar-refractivity contribution in [3.63, 3.8) is 0 Å². The average molecular weight is 272 g/mol. The van der Waals surface area contributed by atoms with Gasteiger partial charge in [0.1, 0.15) is 0 Å². The van der Waals surface area contributed by atoms with Crippen molar-refractivity contribution in [3.8, 4) is 0 Å². The van der Waals surface area contributed by atoms with Gasteiger partial charge in [-0.2, -0.15) is 0 Å². The fourth-order valence-corrected chi connectivity index (χ4v) is 5.82. The van der Waals surface area contributed by atoms with Gasteiger partial charge in [0.2, 0.25) is 0 Å². The largest absolute Gasteiger partial charge is 0.300 e. The molecule has 0 N–H and O–H groups in total. The molecule has 1 aromatic rings. The van der Waals surface area contributed by atoms with Crippen LogP contribution in [0.4, 0.5) is 0 Å². The van der Waals surface area contributed by atoms with Crippen molar-refractivity contribution in [2.24, 2.45) is 0 Å². The van der Waals surface area contributed by atoms with Crippen molar-refractivity contribution in [1.82, 2.24) is 0 Å². The lowest BCUT2D eigenvalue weighted by Gasteiger charge is -2.12. The predicted octanol–water partition coefficient (Wildman–Crippen LogP) is 4.79. The number of rotatable bonds is 6. The minimum atomic E-state index is -2.05. The van der Waals surface area contributed by atoms with Crippen LogP contribution >= 0.6 is 28.3 Å². The third-order valence-corrected chi connectivity index (χ3v) is 11.4. The van der Waals surface area contributed by atoms with Gasteiger partial charge in [0, 0.05) is 6.16 Å². The number of hydrogen-bond donors (Lipinski definition) is 0. The Morgan fingerprint density at radius 1 is 1.25 bits per heavy atom. The van der Waals surface area contributed by atoms with Crippen LogP contribution < -0.4 is 0 Å². The second-order valence-corrected chi connectivity index (χ2v) is 12.2. The van der Waals surface area contributed by atoms with Gasteiger partial charge in [0.25, 0.3) is 0 Å². The van der Waals surface area contributed by atoms with Crippen molar-refractivity contribution in [2.45, 2.75) is 6.42 Å². The molecule has 0 atom stereocenters. The maximum Gasteiger partial charge on any atom is 0.190 e. The van der Waals surface area contributed by atoms with E-state index in [1.165, 1.54) is 28.3 Å². The van der Waals surface area contributed by atoms with Crippen LogP contribution in [-0.4, -0.2) is 18.7 Å². The van der Waals surface area contributed by atoms with E-state index < -0.39 is 5.55 Å². The van der Waals surface area contributed by atoms with Crippen LogP contribution in [0.2, 0.25) is 0 Å². The molecule has 1 aromatic carbocycles. The lowest BCUT2D eigenvalue weighted by molar-refractivity contribution is 0.593. The monoisotopic (exact) mass is 272 g/mol. The van der Waals surface area contributed by atoms with Crippen LogP contribution in [0.25, 0.3) is 6.08 Å². The SMILES string of the molecule is C=Cc1ccc(CCP(=O)(SC)SC)cc1. The van der Waals surface area contributed by atoms with E-state index in [0.29, 0.717) is 0 Å². The van der Waals surface area contributed by atoms with Gasteiger partial charge < -0.3 is 4.57 Å². The van der Waals surface area contributed by atoms with Crippen molar-refractivity contribution < 1.29 is 4.57 Å².